The lowest BCUT2D eigenvalue weighted by atomic mass is 10.1. The van der Waals surface area contributed by atoms with Gasteiger partial charge in [0.15, 0.2) is 0 Å². The summed E-state index contributed by atoms with van der Waals surface area (Å²) in [5.74, 6) is 0. The van der Waals surface area contributed by atoms with Crippen LogP contribution in [0, 0.1) is 0 Å². The van der Waals surface area contributed by atoms with Crippen LogP contribution in [-0.2, 0) is 13.5 Å². The monoisotopic (exact) mass is 187 g/mol. The number of fused-ring (bicyclic) bond motifs is 1. The molecule has 0 fully saturated rings. The van der Waals surface area contributed by atoms with Crippen molar-refractivity contribution in [2.75, 3.05) is 0 Å². The third kappa shape index (κ3) is 1.23. The van der Waals surface area contributed by atoms with Gasteiger partial charge in [-0.3, -0.25) is 4.79 Å². The van der Waals surface area contributed by atoms with Gasteiger partial charge in [-0.15, -0.1) is 0 Å². The fourth-order valence-corrected chi connectivity index (χ4v) is 1.74. The molecule has 1 aromatic carbocycles. The third-order valence-corrected chi connectivity index (χ3v) is 2.61. The standard InChI is InChI=1S/C12H13NO/c1-3-10-8-9-6-4-5-7-11(9)12(14)13(10)2/h4-8H,3H2,1-2H3. The Bertz CT molecular complexity index is 525. The quantitative estimate of drug-likeness (QED) is 0.670. The summed E-state index contributed by atoms with van der Waals surface area (Å²) >= 11 is 0. The summed E-state index contributed by atoms with van der Waals surface area (Å²) in [6.07, 6.45) is 0.885. The van der Waals surface area contributed by atoms with Crippen LogP contribution in [0.5, 0.6) is 0 Å². The second kappa shape index (κ2) is 3.29. The fourth-order valence-electron chi connectivity index (χ4n) is 1.74. The van der Waals surface area contributed by atoms with Crippen molar-refractivity contribution in [1.29, 1.82) is 0 Å². The average Bonchev–Trinajstić information content (AvgIpc) is 2.23. The van der Waals surface area contributed by atoms with E-state index >= 15 is 0 Å². The molecule has 1 heterocycles. The van der Waals surface area contributed by atoms with E-state index in [0.29, 0.717) is 0 Å². The van der Waals surface area contributed by atoms with Gasteiger partial charge < -0.3 is 4.57 Å². The Labute approximate surface area is 82.8 Å². The lowest BCUT2D eigenvalue weighted by Gasteiger charge is -2.07. The number of hydrogen-bond donors (Lipinski definition) is 0. The number of aryl methyl sites for hydroxylation is 1. The Morgan fingerprint density at radius 2 is 2.00 bits per heavy atom. The fraction of sp³-hybridized carbons (Fsp3) is 0.250. The van der Waals surface area contributed by atoms with E-state index in [9.17, 15) is 4.79 Å². The predicted molar refractivity (Wildman–Crippen MR) is 58.6 cm³/mol. The summed E-state index contributed by atoms with van der Waals surface area (Å²) in [6, 6.07) is 9.79. The summed E-state index contributed by atoms with van der Waals surface area (Å²) in [7, 11) is 1.83. The molecule has 2 aromatic rings. The number of nitrogens with zero attached hydrogens (tertiary/aromatic N) is 1. The van der Waals surface area contributed by atoms with Crippen molar-refractivity contribution in [2.24, 2.45) is 7.05 Å². The summed E-state index contributed by atoms with van der Waals surface area (Å²) in [4.78, 5) is 11.9. The molecular weight excluding hydrogens is 174 g/mol. The Morgan fingerprint density at radius 3 is 2.71 bits per heavy atom. The van der Waals surface area contributed by atoms with Gasteiger partial charge >= 0.3 is 0 Å². The molecule has 0 atom stereocenters. The molecule has 0 aliphatic rings. The van der Waals surface area contributed by atoms with Crippen molar-refractivity contribution < 1.29 is 0 Å². The first kappa shape index (κ1) is 9.00. The molecule has 2 heteroatoms. The van der Waals surface area contributed by atoms with E-state index in [-0.39, 0.29) is 5.56 Å². The SMILES string of the molecule is CCc1cc2ccccc2c(=O)n1C. The largest absolute Gasteiger partial charge is 0.315 e. The molecule has 0 saturated heterocycles. The van der Waals surface area contributed by atoms with E-state index in [1.165, 1.54) is 0 Å². The number of benzene rings is 1. The van der Waals surface area contributed by atoms with Crippen molar-refractivity contribution in [2.45, 2.75) is 13.3 Å². The van der Waals surface area contributed by atoms with Crippen LogP contribution >= 0.6 is 0 Å². The number of aromatic nitrogens is 1. The van der Waals surface area contributed by atoms with Crippen molar-refractivity contribution in [3.05, 3.63) is 46.4 Å². The van der Waals surface area contributed by atoms with Crippen LogP contribution in [0.1, 0.15) is 12.6 Å². The van der Waals surface area contributed by atoms with Gasteiger partial charge in [0.05, 0.1) is 0 Å². The maximum absolute atomic E-state index is 11.9. The van der Waals surface area contributed by atoms with E-state index in [1.54, 1.807) is 4.57 Å². The van der Waals surface area contributed by atoms with E-state index in [2.05, 4.69) is 13.0 Å². The first-order valence-corrected chi connectivity index (χ1v) is 4.81. The predicted octanol–water partition coefficient (Wildman–Crippen LogP) is 2.10. The molecule has 0 saturated carbocycles. The highest BCUT2D eigenvalue weighted by atomic mass is 16.1. The highest BCUT2D eigenvalue weighted by Crippen LogP contribution is 2.11. The summed E-state index contributed by atoms with van der Waals surface area (Å²) in [5, 5.41) is 1.83. The molecule has 0 aliphatic carbocycles. The van der Waals surface area contributed by atoms with Crippen LogP contribution in [-0.4, -0.2) is 4.57 Å². The third-order valence-electron chi connectivity index (χ3n) is 2.61. The number of pyridine rings is 1. The van der Waals surface area contributed by atoms with Crippen LogP contribution in [0.15, 0.2) is 35.1 Å². The lowest BCUT2D eigenvalue weighted by molar-refractivity contribution is 0.793. The van der Waals surface area contributed by atoms with Crippen LogP contribution < -0.4 is 5.56 Å². The van der Waals surface area contributed by atoms with Gasteiger partial charge in [0.1, 0.15) is 0 Å². The molecule has 1 aromatic heterocycles. The molecule has 0 spiro atoms. The molecule has 0 radical (unpaired) electrons. The van der Waals surface area contributed by atoms with E-state index in [0.717, 1.165) is 22.9 Å². The normalized spacial score (nSPS) is 10.7. The Kier molecular flexibility index (Phi) is 2.12. The first-order chi connectivity index (χ1) is 6.74. The van der Waals surface area contributed by atoms with Crippen LogP contribution in [0.25, 0.3) is 10.8 Å². The van der Waals surface area contributed by atoms with E-state index < -0.39 is 0 Å². The first-order valence-electron chi connectivity index (χ1n) is 4.81. The van der Waals surface area contributed by atoms with Crippen LogP contribution in [0.3, 0.4) is 0 Å². The zero-order chi connectivity index (χ0) is 10.1. The lowest BCUT2D eigenvalue weighted by Crippen LogP contribution is -2.19. The van der Waals surface area contributed by atoms with Gasteiger partial charge in [0.2, 0.25) is 0 Å². The average molecular weight is 187 g/mol. The van der Waals surface area contributed by atoms with Crippen molar-refractivity contribution >= 4 is 10.8 Å². The molecule has 2 nitrogen and oxygen atoms in total. The minimum Gasteiger partial charge on any atom is -0.315 e. The molecule has 0 aliphatic heterocycles. The van der Waals surface area contributed by atoms with Crippen LogP contribution in [0.2, 0.25) is 0 Å². The number of rotatable bonds is 1. The van der Waals surface area contributed by atoms with Gasteiger partial charge in [0.25, 0.3) is 5.56 Å². The summed E-state index contributed by atoms with van der Waals surface area (Å²) in [6.45, 7) is 2.06. The maximum Gasteiger partial charge on any atom is 0.258 e. The molecule has 72 valence electrons. The second-order valence-electron chi connectivity index (χ2n) is 3.44. The van der Waals surface area contributed by atoms with Gasteiger partial charge in [0, 0.05) is 18.1 Å². The summed E-state index contributed by atoms with van der Waals surface area (Å²) in [5.41, 5.74) is 1.17. The zero-order valence-corrected chi connectivity index (χ0v) is 8.45. The minimum absolute atomic E-state index is 0.0972. The van der Waals surface area contributed by atoms with E-state index in [4.69, 9.17) is 0 Å². The smallest absolute Gasteiger partial charge is 0.258 e. The highest BCUT2D eigenvalue weighted by molar-refractivity contribution is 5.81. The van der Waals surface area contributed by atoms with Gasteiger partial charge in [-0.25, -0.2) is 0 Å². The van der Waals surface area contributed by atoms with Gasteiger partial charge in [-0.2, -0.15) is 0 Å². The molecule has 14 heavy (non-hydrogen) atoms. The molecule has 0 N–H and O–H groups in total. The van der Waals surface area contributed by atoms with Crippen molar-refractivity contribution in [1.82, 2.24) is 4.57 Å². The van der Waals surface area contributed by atoms with Crippen molar-refractivity contribution in [3.63, 3.8) is 0 Å². The molecule has 0 bridgehead atoms. The Balaban J connectivity index is 2.92. The maximum atomic E-state index is 11.9. The molecular formula is C12H13NO. The Hall–Kier alpha value is -1.57. The minimum atomic E-state index is 0.0972. The molecule has 0 unspecified atom stereocenters. The zero-order valence-electron chi connectivity index (χ0n) is 8.45. The van der Waals surface area contributed by atoms with Gasteiger partial charge in [-0.1, -0.05) is 25.1 Å². The van der Waals surface area contributed by atoms with Crippen LogP contribution in [0.4, 0.5) is 0 Å². The summed E-state index contributed by atoms with van der Waals surface area (Å²) < 4.78 is 1.72. The van der Waals surface area contributed by atoms with Gasteiger partial charge in [-0.05, 0) is 23.9 Å². The van der Waals surface area contributed by atoms with Crippen molar-refractivity contribution in [3.8, 4) is 0 Å². The Morgan fingerprint density at radius 1 is 1.29 bits per heavy atom. The van der Waals surface area contributed by atoms with E-state index in [1.807, 2.05) is 31.3 Å². The molecule has 0 amide bonds. The second-order valence-corrected chi connectivity index (χ2v) is 3.44. The number of hydrogen-bond acceptors (Lipinski definition) is 1. The topological polar surface area (TPSA) is 22.0 Å². The molecule has 2 rings (SSSR count). The highest BCUT2D eigenvalue weighted by Gasteiger charge is 2.03.